The van der Waals surface area contributed by atoms with Crippen LogP contribution in [0.15, 0.2) is 53.4 Å². The van der Waals surface area contributed by atoms with Gasteiger partial charge in [-0.25, -0.2) is 22.0 Å². The second-order valence-electron chi connectivity index (χ2n) is 6.05. The topological polar surface area (TPSA) is 97.5 Å². The summed E-state index contributed by atoms with van der Waals surface area (Å²) in [6.45, 7) is 2.52. The van der Waals surface area contributed by atoms with Gasteiger partial charge in [-0.1, -0.05) is 42.0 Å². The van der Waals surface area contributed by atoms with Gasteiger partial charge in [-0.05, 0) is 24.6 Å². The monoisotopic (exact) mass is 382 g/mol. The van der Waals surface area contributed by atoms with E-state index in [1.807, 2.05) is 31.2 Å². The summed E-state index contributed by atoms with van der Waals surface area (Å²) in [5, 5.41) is 5.32. The molecular formula is C17H22N2O4S2. The first-order chi connectivity index (χ1) is 11.6. The summed E-state index contributed by atoms with van der Waals surface area (Å²) in [5.41, 5.74) is 2.45. The number of sulfonamides is 1. The Morgan fingerprint density at radius 1 is 0.960 bits per heavy atom. The molecule has 6 nitrogen and oxygen atoms in total. The van der Waals surface area contributed by atoms with Gasteiger partial charge in [0, 0.05) is 19.3 Å². The zero-order chi connectivity index (χ0) is 18.7. The van der Waals surface area contributed by atoms with Gasteiger partial charge in [0.05, 0.1) is 11.4 Å². The maximum atomic E-state index is 11.9. The van der Waals surface area contributed by atoms with E-state index in [0.29, 0.717) is 12.2 Å². The molecule has 0 fully saturated rings. The fraction of sp³-hybridized carbons (Fsp3) is 0.294. The number of aryl methyl sites for hydroxylation is 1. The third-order valence-corrected chi connectivity index (χ3v) is 5.62. The number of anilines is 1. The maximum absolute atomic E-state index is 11.9. The molecular weight excluding hydrogens is 360 g/mol. The second-order valence-corrected chi connectivity index (χ2v) is 9.84. The van der Waals surface area contributed by atoms with E-state index in [0.717, 1.165) is 17.4 Å². The van der Waals surface area contributed by atoms with Crippen LogP contribution < -0.4 is 10.0 Å². The first-order valence-electron chi connectivity index (χ1n) is 7.66. The van der Waals surface area contributed by atoms with Gasteiger partial charge < -0.3 is 4.90 Å². The number of rotatable bonds is 7. The first kappa shape index (κ1) is 19.4. The van der Waals surface area contributed by atoms with Crippen molar-refractivity contribution in [3.05, 3.63) is 59.7 Å². The lowest BCUT2D eigenvalue weighted by Crippen LogP contribution is -2.30. The zero-order valence-electron chi connectivity index (χ0n) is 14.2. The molecule has 0 aliphatic carbocycles. The Balaban J connectivity index is 2.43. The lowest BCUT2D eigenvalue weighted by molar-refractivity contribution is 0.597. The van der Waals surface area contributed by atoms with Crippen LogP contribution in [0.3, 0.4) is 0 Å². The Morgan fingerprint density at radius 2 is 1.56 bits per heavy atom. The molecule has 0 aliphatic rings. The number of hydrogen-bond donors (Lipinski definition) is 1. The second kappa shape index (κ2) is 7.55. The summed E-state index contributed by atoms with van der Waals surface area (Å²) in [6, 6.07) is 14.1. The van der Waals surface area contributed by atoms with Crippen molar-refractivity contribution >= 4 is 25.5 Å². The molecule has 0 radical (unpaired) electrons. The predicted molar refractivity (Wildman–Crippen MR) is 99.8 cm³/mol. The highest BCUT2D eigenvalue weighted by Crippen LogP contribution is 2.25. The molecule has 0 saturated carbocycles. The highest BCUT2D eigenvalue weighted by molar-refractivity contribution is 7.90. The van der Waals surface area contributed by atoms with Gasteiger partial charge in [0.1, 0.15) is 14.7 Å². The van der Waals surface area contributed by atoms with E-state index >= 15 is 0 Å². The summed E-state index contributed by atoms with van der Waals surface area (Å²) in [7, 11) is -7.12. The Kier molecular flexibility index (Phi) is 5.87. The van der Waals surface area contributed by atoms with Crippen molar-refractivity contribution < 1.29 is 16.8 Å². The van der Waals surface area contributed by atoms with E-state index in [4.69, 9.17) is 5.14 Å². The van der Waals surface area contributed by atoms with Crippen LogP contribution in [0.25, 0.3) is 0 Å². The molecule has 0 atom stereocenters. The van der Waals surface area contributed by atoms with Crippen molar-refractivity contribution in [3.8, 4) is 0 Å². The van der Waals surface area contributed by atoms with Gasteiger partial charge in [0.25, 0.3) is 0 Å². The molecule has 0 aliphatic heterocycles. The summed E-state index contributed by atoms with van der Waals surface area (Å²) >= 11 is 0. The maximum Gasteiger partial charge on any atom is 0.240 e. The van der Waals surface area contributed by atoms with Crippen LogP contribution in [0.1, 0.15) is 11.1 Å². The molecule has 2 N–H and O–H groups in total. The van der Waals surface area contributed by atoms with E-state index in [1.165, 1.54) is 6.07 Å². The molecule has 136 valence electrons. The van der Waals surface area contributed by atoms with Crippen LogP contribution in [0.2, 0.25) is 0 Å². The first-order valence-corrected chi connectivity index (χ1v) is 11.3. The van der Waals surface area contributed by atoms with Crippen molar-refractivity contribution in [2.75, 3.05) is 23.5 Å². The van der Waals surface area contributed by atoms with Gasteiger partial charge in [-0.2, -0.15) is 0 Å². The van der Waals surface area contributed by atoms with Gasteiger partial charge in [0.2, 0.25) is 10.0 Å². The molecule has 0 bridgehead atoms. The number of hydrogen-bond acceptors (Lipinski definition) is 5. The average molecular weight is 383 g/mol. The Labute approximate surface area is 149 Å². The minimum absolute atomic E-state index is 0.0180. The molecule has 0 aromatic heterocycles. The minimum Gasteiger partial charge on any atom is -0.365 e. The van der Waals surface area contributed by atoms with Crippen LogP contribution in [-0.4, -0.2) is 35.4 Å². The van der Waals surface area contributed by atoms with Crippen molar-refractivity contribution in [2.45, 2.75) is 18.4 Å². The van der Waals surface area contributed by atoms with Crippen molar-refractivity contribution in [1.82, 2.24) is 0 Å². The Bertz CT molecular complexity index is 937. The van der Waals surface area contributed by atoms with Gasteiger partial charge in [-0.3, -0.25) is 0 Å². The zero-order valence-corrected chi connectivity index (χ0v) is 15.8. The van der Waals surface area contributed by atoms with Gasteiger partial charge in [-0.15, -0.1) is 0 Å². The Morgan fingerprint density at radius 3 is 2.12 bits per heavy atom. The predicted octanol–water partition coefficient (Wildman–Crippen LogP) is 1.69. The number of benzene rings is 2. The smallest absolute Gasteiger partial charge is 0.240 e. The van der Waals surface area contributed by atoms with E-state index in [9.17, 15) is 16.8 Å². The quantitative estimate of drug-likeness (QED) is 0.786. The molecule has 8 heteroatoms. The molecule has 0 heterocycles. The van der Waals surface area contributed by atoms with Crippen LogP contribution in [0.4, 0.5) is 5.69 Å². The van der Waals surface area contributed by atoms with E-state index < -0.39 is 19.9 Å². The SMILES string of the molecule is Cc1ccc(CN(CCS(C)(=O)=O)c2ccccc2S(N)(=O)=O)cc1. The van der Waals surface area contributed by atoms with E-state index in [2.05, 4.69) is 0 Å². The highest BCUT2D eigenvalue weighted by atomic mass is 32.2. The molecule has 0 unspecified atom stereocenters. The van der Waals surface area contributed by atoms with E-state index in [1.54, 1.807) is 23.1 Å². The number of nitrogens with two attached hydrogens (primary N) is 1. The lowest BCUT2D eigenvalue weighted by atomic mass is 10.1. The van der Waals surface area contributed by atoms with E-state index in [-0.39, 0.29) is 17.2 Å². The fourth-order valence-electron chi connectivity index (χ4n) is 2.43. The summed E-state index contributed by atoms with van der Waals surface area (Å²) in [6.07, 6.45) is 1.16. The lowest BCUT2D eigenvalue weighted by Gasteiger charge is -2.26. The van der Waals surface area contributed by atoms with Crippen molar-refractivity contribution in [1.29, 1.82) is 0 Å². The van der Waals surface area contributed by atoms with Gasteiger partial charge in [0.15, 0.2) is 0 Å². The number of primary sulfonamides is 1. The Hall–Kier alpha value is -1.90. The molecule has 2 aromatic rings. The highest BCUT2D eigenvalue weighted by Gasteiger charge is 2.19. The normalized spacial score (nSPS) is 12.1. The van der Waals surface area contributed by atoms with Crippen LogP contribution in [-0.2, 0) is 26.4 Å². The number of nitrogens with zero attached hydrogens (tertiary/aromatic N) is 1. The van der Waals surface area contributed by atoms with Gasteiger partial charge >= 0.3 is 0 Å². The number of para-hydroxylation sites is 1. The fourth-order valence-corrected chi connectivity index (χ4v) is 3.74. The van der Waals surface area contributed by atoms with Crippen LogP contribution in [0.5, 0.6) is 0 Å². The summed E-state index contributed by atoms with van der Waals surface area (Å²) in [4.78, 5) is 1.71. The molecule has 0 spiro atoms. The van der Waals surface area contributed by atoms with Crippen LogP contribution >= 0.6 is 0 Å². The van der Waals surface area contributed by atoms with Crippen LogP contribution in [0, 0.1) is 6.92 Å². The minimum atomic E-state index is -3.92. The van der Waals surface area contributed by atoms with Crippen molar-refractivity contribution in [3.63, 3.8) is 0 Å². The molecule has 0 saturated heterocycles. The molecule has 0 amide bonds. The molecule has 2 rings (SSSR count). The van der Waals surface area contributed by atoms with Crippen molar-refractivity contribution in [2.24, 2.45) is 5.14 Å². The standard InChI is InChI=1S/C17H22N2O4S2/c1-14-7-9-15(10-8-14)13-19(11-12-24(2,20)21)16-5-3-4-6-17(16)25(18,22)23/h3-10H,11-13H2,1-2H3,(H2,18,22,23). The number of sulfone groups is 1. The third kappa shape index (κ3) is 5.84. The average Bonchev–Trinajstić information content (AvgIpc) is 2.51. The third-order valence-electron chi connectivity index (χ3n) is 3.74. The summed E-state index contributed by atoms with van der Waals surface area (Å²) in [5.74, 6) is -0.0855. The summed E-state index contributed by atoms with van der Waals surface area (Å²) < 4.78 is 46.9. The molecule has 2 aromatic carbocycles. The largest absolute Gasteiger partial charge is 0.365 e. The molecule has 25 heavy (non-hydrogen) atoms.